The van der Waals surface area contributed by atoms with Crippen molar-refractivity contribution in [1.29, 1.82) is 0 Å². The van der Waals surface area contributed by atoms with Crippen LogP contribution in [-0.4, -0.2) is 10.9 Å². The molecule has 1 aromatic heterocycles. The molecule has 1 amide bonds. The maximum atomic E-state index is 12.6. The summed E-state index contributed by atoms with van der Waals surface area (Å²) in [6, 6.07) is 9.77. The molecule has 0 fully saturated rings. The van der Waals surface area contributed by atoms with Gasteiger partial charge in [0.2, 0.25) is 5.91 Å². The lowest BCUT2D eigenvalue weighted by molar-refractivity contribution is -0.137. The van der Waals surface area contributed by atoms with E-state index in [0.29, 0.717) is 16.7 Å². The van der Waals surface area contributed by atoms with Crippen LogP contribution in [0.25, 0.3) is 22.0 Å². The van der Waals surface area contributed by atoms with E-state index in [1.54, 1.807) is 24.4 Å². The van der Waals surface area contributed by atoms with Crippen molar-refractivity contribution in [2.24, 2.45) is 5.73 Å². The van der Waals surface area contributed by atoms with Gasteiger partial charge in [0.05, 0.1) is 11.1 Å². The summed E-state index contributed by atoms with van der Waals surface area (Å²) < 4.78 is 37.9. The summed E-state index contributed by atoms with van der Waals surface area (Å²) in [6.07, 6.45) is -2.68. The normalized spacial score (nSPS) is 11.8. The molecule has 3 N–H and O–H groups in total. The summed E-state index contributed by atoms with van der Waals surface area (Å²) in [7, 11) is 0. The smallest absolute Gasteiger partial charge is 0.366 e. The third-order valence-corrected chi connectivity index (χ3v) is 3.47. The Labute approximate surface area is 123 Å². The molecule has 2 aromatic carbocycles. The first kappa shape index (κ1) is 14.2. The third-order valence-electron chi connectivity index (χ3n) is 3.47. The molecule has 0 saturated carbocycles. The second-order valence-electron chi connectivity index (χ2n) is 4.91. The molecule has 0 atom stereocenters. The first-order valence-electron chi connectivity index (χ1n) is 6.45. The molecule has 3 aromatic rings. The first-order valence-corrected chi connectivity index (χ1v) is 6.45. The Bertz CT molecular complexity index is 848. The van der Waals surface area contributed by atoms with Crippen LogP contribution < -0.4 is 5.73 Å². The largest absolute Gasteiger partial charge is 0.416 e. The number of H-pyrrole nitrogens is 1. The minimum absolute atomic E-state index is 0.307. The number of nitrogens with one attached hydrogen (secondary N) is 1. The molecule has 0 aliphatic rings. The van der Waals surface area contributed by atoms with E-state index in [-0.39, 0.29) is 0 Å². The lowest BCUT2D eigenvalue weighted by atomic mass is 9.98. The molecule has 0 radical (unpaired) electrons. The highest BCUT2D eigenvalue weighted by molar-refractivity contribution is 6.03. The summed E-state index contributed by atoms with van der Waals surface area (Å²) in [5, 5.41) is 0.770. The van der Waals surface area contributed by atoms with Gasteiger partial charge in [-0.1, -0.05) is 12.1 Å². The zero-order valence-electron chi connectivity index (χ0n) is 11.2. The predicted molar refractivity (Wildman–Crippen MR) is 77.3 cm³/mol. The summed E-state index contributed by atoms with van der Waals surface area (Å²) in [6.45, 7) is 0. The van der Waals surface area contributed by atoms with Gasteiger partial charge in [0.1, 0.15) is 0 Å². The zero-order valence-corrected chi connectivity index (χ0v) is 11.2. The number of halogens is 3. The predicted octanol–water partition coefficient (Wildman–Crippen LogP) is 3.95. The van der Waals surface area contributed by atoms with Crippen LogP contribution in [0, 0.1) is 0 Å². The van der Waals surface area contributed by atoms with E-state index in [0.717, 1.165) is 23.0 Å². The quantitative estimate of drug-likeness (QED) is 0.740. The molecular formula is C16H11F3N2O. The molecule has 6 heteroatoms. The number of benzene rings is 2. The highest BCUT2D eigenvalue weighted by Gasteiger charge is 2.30. The van der Waals surface area contributed by atoms with Crippen molar-refractivity contribution in [3.05, 3.63) is 59.8 Å². The molecular weight excluding hydrogens is 293 g/mol. The molecule has 1 heterocycles. The van der Waals surface area contributed by atoms with Gasteiger partial charge in [-0.2, -0.15) is 13.2 Å². The lowest BCUT2D eigenvalue weighted by Crippen LogP contribution is -2.10. The first-order chi connectivity index (χ1) is 10.4. The van der Waals surface area contributed by atoms with Crippen LogP contribution in [0.1, 0.15) is 15.9 Å². The van der Waals surface area contributed by atoms with Gasteiger partial charge in [-0.25, -0.2) is 0 Å². The maximum absolute atomic E-state index is 12.6. The number of nitrogens with two attached hydrogens (primary N) is 1. The monoisotopic (exact) mass is 304 g/mol. The van der Waals surface area contributed by atoms with Gasteiger partial charge in [-0.3, -0.25) is 4.79 Å². The van der Waals surface area contributed by atoms with Crippen LogP contribution in [0.4, 0.5) is 13.2 Å². The number of rotatable bonds is 2. The minimum Gasteiger partial charge on any atom is -0.366 e. The second kappa shape index (κ2) is 4.91. The van der Waals surface area contributed by atoms with Crippen molar-refractivity contribution in [3.63, 3.8) is 0 Å². The number of primary amides is 1. The Morgan fingerprint density at radius 2 is 1.73 bits per heavy atom. The van der Waals surface area contributed by atoms with Gasteiger partial charge in [-0.05, 0) is 35.9 Å². The zero-order chi connectivity index (χ0) is 15.9. The third kappa shape index (κ3) is 2.43. The highest BCUT2D eigenvalue weighted by atomic mass is 19.4. The van der Waals surface area contributed by atoms with Crippen molar-refractivity contribution >= 4 is 16.8 Å². The SMILES string of the molecule is NC(=O)c1cc(-c2ccc(C(F)(F)F)cc2)c2[nH]ccc2c1. The molecule has 0 bridgehead atoms. The molecule has 0 saturated heterocycles. The number of carbonyl (C=O) groups excluding carboxylic acids is 1. The van der Waals surface area contributed by atoms with Crippen LogP contribution in [0.15, 0.2) is 48.7 Å². The number of aromatic nitrogens is 1. The van der Waals surface area contributed by atoms with Gasteiger partial charge in [-0.15, -0.1) is 0 Å². The molecule has 3 nitrogen and oxygen atoms in total. The number of alkyl halides is 3. The summed E-state index contributed by atoms with van der Waals surface area (Å²) in [5.41, 5.74) is 6.84. The van der Waals surface area contributed by atoms with Gasteiger partial charge in [0.25, 0.3) is 0 Å². The highest BCUT2D eigenvalue weighted by Crippen LogP contribution is 2.33. The molecule has 0 aliphatic carbocycles. The van der Waals surface area contributed by atoms with Gasteiger partial charge in [0.15, 0.2) is 0 Å². The Hall–Kier alpha value is -2.76. The molecule has 0 spiro atoms. The fraction of sp³-hybridized carbons (Fsp3) is 0.0625. The topological polar surface area (TPSA) is 58.9 Å². The number of amides is 1. The van der Waals surface area contributed by atoms with E-state index < -0.39 is 17.6 Å². The number of hydrogen-bond donors (Lipinski definition) is 2. The van der Waals surface area contributed by atoms with Crippen molar-refractivity contribution in [2.75, 3.05) is 0 Å². The standard InChI is InChI=1S/C16H11F3N2O/c17-16(18,19)12-3-1-9(2-4-12)13-8-11(15(20)22)7-10-5-6-21-14(10)13/h1-8,21H,(H2,20,22). The molecule has 0 unspecified atom stereocenters. The van der Waals surface area contributed by atoms with Crippen LogP contribution in [0.5, 0.6) is 0 Å². The average Bonchev–Trinajstić information content (AvgIpc) is 2.93. The summed E-state index contributed by atoms with van der Waals surface area (Å²) in [4.78, 5) is 14.4. The van der Waals surface area contributed by atoms with Crippen molar-refractivity contribution in [3.8, 4) is 11.1 Å². The van der Waals surface area contributed by atoms with Crippen molar-refractivity contribution in [1.82, 2.24) is 4.98 Å². The van der Waals surface area contributed by atoms with E-state index in [1.165, 1.54) is 12.1 Å². The molecule has 0 aliphatic heterocycles. The Morgan fingerprint density at radius 3 is 2.32 bits per heavy atom. The molecule has 22 heavy (non-hydrogen) atoms. The number of hydrogen-bond acceptors (Lipinski definition) is 1. The Kier molecular flexibility index (Phi) is 3.16. The van der Waals surface area contributed by atoms with E-state index in [1.807, 2.05) is 0 Å². The van der Waals surface area contributed by atoms with E-state index in [9.17, 15) is 18.0 Å². The maximum Gasteiger partial charge on any atom is 0.416 e. The number of fused-ring (bicyclic) bond motifs is 1. The number of carbonyl (C=O) groups is 1. The van der Waals surface area contributed by atoms with Gasteiger partial charge >= 0.3 is 6.18 Å². The van der Waals surface area contributed by atoms with Crippen LogP contribution in [0.2, 0.25) is 0 Å². The van der Waals surface area contributed by atoms with E-state index in [2.05, 4.69) is 4.98 Å². The second-order valence-corrected chi connectivity index (χ2v) is 4.91. The molecule has 112 valence electrons. The molecule has 3 rings (SSSR count). The Morgan fingerprint density at radius 1 is 1.05 bits per heavy atom. The summed E-state index contributed by atoms with van der Waals surface area (Å²) >= 11 is 0. The van der Waals surface area contributed by atoms with E-state index in [4.69, 9.17) is 5.73 Å². The van der Waals surface area contributed by atoms with Gasteiger partial charge in [0, 0.05) is 22.7 Å². The summed E-state index contributed by atoms with van der Waals surface area (Å²) in [5.74, 6) is -0.587. The number of aromatic amines is 1. The fourth-order valence-electron chi connectivity index (χ4n) is 2.38. The van der Waals surface area contributed by atoms with Gasteiger partial charge < -0.3 is 10.7 Å². The van der Waals surface area contributed by atoms with Crippen LogP contribution in [0.3, 0.4) is 0 Å². The van der Waals surface area contributed by atoms with Crippen LogP contribution >= 0.6 is 0 Å². The van der Waals surface area contributed by atoms with Crippen molar-refractivity contribution < 1.29 is 18.0 Å². The van der Waals surface area contributed by atoms with E-state index >= 15 is 0 Å². The Balaban J connectivity index is 2.17. The lowest BCUT2D eigenvalue weighted by Gasteiger charge is -2.09. The fourth-order valence-corrected chi connectivity index (χ4v) is 2.38. The average molecular weight is 304 g/mol. The van der Waals surface area contributed by atoms with Crippen LogP contribution in [-0.2, 0) is 6.18 Å². The van der Waals surface area contributed by atoms with Crippen molar-refractivity contribution in [2.45, 2.75) is 6.18 Å². The minimum atomic E-state index is -4.38.